The lowest BCUT2D eigenvalue weighted by atomic mass is 10.1. The largest absolute Gasteiger partial charge is 0.442 e. The maximum atomic E-state index is 13.5. The van der Waals surface area contributed by atoms with Gasteiger partial charge in [-0.25, -0.2) is 4.99 Å². The fraction of sp³-hybridized carbons (Fsp3) is 0.400. The monoisotopic (exact) mass is 327 g/mol. The fourth-order valence-electron chi connectivity index (χ4n) is 2.13. The molecule has 124 valence electrons. The maximum Gasteiger partial charge on any atom is 0.442 e. The molecule has 2 N–H and O–H groups in total. The van der Waals surface area contributed by atoms with Gasteiger partial charge in [0.1, 0.15) is 5.84 Å². The van der Waals surface area contributed by atoms with Crippen LogP contribution in [0.3, 0.4) is 0 Å². The molecule has 0 aliphatic carbocycles. The number of unbranched alkanes of at least 4 members (excludes halogenated alkanes) is 1. The Morgan fingerprint density at radius 2 is 1.96 bits per heavy atom. The number of nitrogens with zero attached hydrogens (tertiary/aromatic N) is 1. The second-order valence-electron chi connectivity index (χ2n) is 5.14. The number of carbonyl (C=O) groups excluding carboxylic acids is 2. The molecule has 2 amide bonds. The van der Waals surface area contributed by atoms with Crippen molar-refractivity contribution < 1.29 is 22.8 Å². The van der Waals surface area contributed by atoms with E-state index in [0.717, 1.165) is 0 Å². The number of carbonyl (C=O) groups is 2. The van der Waals surface area contributed by atoms with Gasteiger partial charge in [-0.15, -0.1) is 0 Å². The highest BCUT2D eigenvalue weighted by Crippen LogP contribution is 2.35. The molecule has 1 aliphatic heterocycles. The molecule has 23 heavy (non-hydrogen) atoms. The van der Waals surface area contributed by atoms with Crippen LogP contribution in [0.1, 0.15) is 31.7 Å². The Balaban J connectivity index is 2.36. The maximum absolute atomic E-state index is 13.5. The van der Waals surface area contributed by atoms with E-state index >= 15 is 0 Å². The topological polar surface area (TPSA) is 70.6 Å². The van der Waals surface area contributed by atoms with Gasteiger partial charge in [-0.3, -0.25) is 9.59 Å². The first kappa shape index (κ1) is 17.0. The first-order valence-corrected chi connectivity index (χ1v) is 7.14. The van der Waals surface area contributed by atoms with Crippen molar-refractivity contribution in [1.29, 1.82) is 0 Å². The van der Waals surface area contributed by atoms with E-state index in [0.29, 0.717) is 18.4 Å². The zero-order chi connectivity index (χ0) is 17.1. The van der Waals surface area contributed by atoms with Crippen LogP contribution < -0.4 is 10.6 Å². The highest BCUT2D eigenvalue weighted by molar-refractivity contribution is 6.16. The molecule has 1 aromatic rings. The summed E-state index contributed by atoms with van der Waals surface area (Å²) in [5.41, 5.74) is -2.95. The number of hydrogen-bond acceptors (Lipinski definition) is 3. The van der Waals surface area contributed by atoms with Gasteiger partial charge in [0.05, 0.1) is 0 Å². The van der Waals surface area contributed by atoms with E-state index in [1.807, 2.05) is 0 Å². The van der Waals surface area contributed by atoms with Crippen LogP contribution in [0.15, 0.2) is 35.3 Å². The quantitative estimate of drug-likeness (QED) is 0.870. The van der Waals surface area contributed by atoms with Crippen LogP contribution in [0.5, 0.6) is 0 Å². The Labute approximate surface area is 131 Å². The highest BCUT2D eigenvalue weighted by atomic mass is 19.4. The van der Waals surface area contributed by atoms with E-state index in [2.05, 4.69) is 10.3 Å². The summed E-state index contributed by atoms with van der Waals surface area (Å²) >= 11 is 0. The molecular weight excluding hydrogens is 311 g/mol. The lowest BCUT2D eigenvalue weighted by Crippen LogP contribution is -2.62. The molecule has 1 aliphatic rings. The molecule has 0 radical (unpaired) electrons. The van der Waals surface area contributed by atoms with Crippen LogP contribution >= 0.6 is 0 Å². The van der Waals surface area contributed by atoms with E-state index in [9.17, 15) is 22.8 Å². The summed E-state index contributed by atoms with van der Waals surface area (Å²) in [5, 5.41) is 3.86. The van der Waals surface area contributed by atoms with E-state index in [-0.39, 0.29) is 12.3 Å². The van der Waals surface area contributed by atoms with Crippen molar-refractivity contribution >= 4 is 17.6 Å². The van der Waals surface area contributed by atoms with Gasteiger partial charge in [0.2, 0.25) is 5.91 Å². The van der Waals surface area contributed by atoms with Crippen LogP contribution in [0.2, 0.25) is 0 Å². The molecule has 1 atom stereocenters. The Morgan fingerprint density at radius 1 is 1.30 bits per heavy atom. The Bertz CT molecular complexity index is 629. The van der Waals surface area contributed by atoms with E-state index in [4.69, 9.17) is 0 Å². The number of nitrogens with one attached hydrogen (secondary N) is 2. The van der Waals surface area contributed by atoms with E-state index in [1.54, 1.807) is 30.4 Å². The standard InChI is InChI=1S/C15H16F3N3O2/c1-2-3-9-11(22)20-14(15(16,17)18)13(23)19-12(21-14)10-7-5-4-6-8-10/h4-8H,2-3,9H2,1H3,(H,20,22)(H,19,21,23). The molecule has 5 nitrogen and oxygen atoms in total. The van der Waals surface area contributed by atoms with Gasteiger partial charge in [0.15, 0.2) is 0 Å². The van der Waals surface area contributed by atoms with E-state index < -0.39 is 23.7 Å². The van der Waals surface area contributed by atoms with Crippen molar-refractivity contribution in [2.75, 3.05) is 0 Å². The van der Waals surface area contributed by atoms with Crippen LogP contribution in [-0.4, -0.2) is 29.5 Å². The Morgan fingerprint density at radius 3 is 2.52 bits per heavy atom. The molecule has 0 saturated heterocycles. The minimum atomic E-state index is -5.05. The number of aliphatic imine (C=N–C) groups is 1. The number of benzene rings is 1. The number of rotatable bonds is 5. The predicted octanol–water partition coefficient (Wildman–Crippen LogP) is 2.13. The molecule has 2 rings (SSSR count). The lowest BCUT2D eigenvalue weighted by molar-refractivity contribution is -0.197. The van der Waals surface area contributed by atoms with Crippen molar-refractivity contribution in [2.24, 2.45) is 4.99 Å². The van der Waals surface area contributed by atoms with Crippen molar-refractivity contribution in [3.8, 4) is 0 Å². The zero-order valence-electron chi connectivity index (χ0n) is 12.4. The third-order valence-electron chi connectivity index (χ3n) is 3.38. The molecule has 0 spiro atoms. The van der Waals surface area contributed by atoms with E-state index in [1.165, 1.54) is 12.1 Å². The molecule has 0 aromatic heterocycles. The molecule has 0 saturated carbocycles. The first-order chi connectivity index (χ1) is 10.8. The minimum absolute atomic E-state index is 0.0994. The van der Waals surface area contributed by atoms with Gasteiger partial charge < -0.3 is 10.6 Å². The SMILES string of the molecule is CCCCC(=O)NC1(C(F)(F)F)N=C(c2ccccc2)NC1=O. The summed E-state index contributed by atoms with van der Waals surface area (Å²) in [4.78, 5) is 27.2. The van der Waals surface area contributed by atoms with Crippen LogP contribution in [0.25, 0.3) is 0 Å². The summed E-state index contributed by atoms with van der Waals surface area (Å²) in [6, 6.07) is 7.94. The summed E-state index contributed by atoms with van der Waals surface area (Å²) in [5.74, 6) is -2.49. The normalized spacial score (nSPS) is 20.9. The van der Waals surface area contributed by atoms with Crippen LogP contribution in [-0.2, 0) is 9.59 Å². The summed E-state index contributed by atoms with van der Waals surface area (Å²) in [7, 11) is 0. The average molecular weight is 327 g/mol. The molecule has 8 heteroatoms. The molecule has 1 unspecified atom stereocenters. The van der Waals surface area contributed by atoms with Gasteiger partial charge in [-0.1, -0.05) is 43.7 Å². The molecule has 1 heterocycles. The van der Waals surface area contributed by atoms with Gasteiger partial charge in [0, 0.05) is 12.0 Å². The van der Waals surface area contributed by atoms with Crippen LogP contribution in [0.4, 0.5) is 13.2 Å². The first-order valence-electron chi connectivity index (χ1n) is 7.14. The van der Waals surface area contributed by atoms with Crippen LogP contribution in [0, 0.1) is 0 Å². The van der Waals surface area contributed by atoms with Crippen molar-refractivity contribution in [2.45, 2.75) is 38.0 Å². The summed E-state index contributed by atoms with van der Waals surface area (Å²) < 4.78 is 40.4. The molecule has 0 fully saturated rings. The molecule has 0 bridgehead atoms. The van der Waals surface area contributed by atoms with Crippen molar-refractivity contribution in [3.05, 3.63) is 35.9 Å². The van der Waals surface area contributed by atoms with Gasteiger partial charge >= 0.3 is 11.8 Å². The number of amides is 2. The number of alkyl halides is 3. The molecule has 1 aromatic carbocycles. The summed E-state index contributed by atoms with van der Waals surface area (Å²) in [6.07, 6.45) is -4.07. The fourth-order valence-corrected chi connectivity index (χ4v) is 2.13. The zero-order valence-corrected chi connectivity index (χ0v) is 12.4. The van der Waals surface area contributed by atoms with Gasteiger partial charge in [-0.05, 0) is 6.42 Å². The summed E-state index contributed by atoms with van der Waals surface area (Å²) in [6.45, 7) is 1.81. The second kappa shape index (κ2) is 6.39. The number of amidine groups is 1. The minimum Gasteiger partial charge on any atom is -0.316 e. The molecular formula is C15H16F3N3O2. The number of halogens is 3. The second-order valence-corrected chi connectivity index (χ2v) is 5.14. The highest BCUT2D eigenvalue weighted by Gasteiger charge is 2.65. The predicted molar refractivity (Wildman–Crippen MR) is 77.6 cm³/mol. The number of hydrogen-bond donors (Lipinski definition) is 2. The Hall–Kier alpha value is -2.38. The van der Waals surface area contributed by atoms with Gasteiger partial charge in [0.25, 0.3) is 5.91 Å². The Kier molecular flexibility index (Phi) is 4.72. The third-order valence-corrected chi connectivity index (χ3v) is 3.38. The smallest absolute Gasteiger partial charge is 0.316 e. The van der Waals surface area contributed by atoms with Crippen molar-refractivity contribution in [3.63, 3.8) is 0 Å². The average Bonchev–Trinajstić information content (AvgIpc) is 2.84. The lowest BCUT2D eigenvalue weighted by Gasteiger charge is -2.27. The third kappa shape index (κ3) is 3.35. The van der Waals surface area contributed by atoms with Crippen molar-refractivity contribution in [1.82, 2.24) is 10.6 Å². The van der Waals surface area contributed by atoms with Gasteiger partial charge in [-0.2, -0.15) is 13.2 Å².